The van der Waals surface area contributed by atoms with E-state index < -0.39 is 23.8 Å². The fourth-order valence-corrected chi connectivity index (χ4v) is 6.44. The summed E-state index contributed by atoms with van der Waals surface area (Å²) < 4.78 is 0. The van der Waals surface area contributed by atoms with E-state index in [4.69, 9.17) is 20.2 Å². The van der Waals surface area contributed by atoms with Gasteiger partial charge in [0.1, 0.15) is 0 Å². The molecule has 0 atom stereocenters. The summed E-state index contributed by atoms with van der Waals surface area (Å²) in [4.78, 5) is 59.6. The maximum atomic E-state index is 11.5. The van der Waals surface area contributed by atoms with E-state index in [1.165, 1.54) is 11.1 Å². The number of nitrogens with zero attached hydrogens (tertiary/aromatic N) is 2. The van der Waals surface area contributed by atoms with Crippen molar-refractivity contribution in [3.05, 3.63) is 69.3 Å². The Morgan fingerprint density at radius 2 is 0.981 bits per heavy atom. The number of aromatic nitrogens is 4. The summed E-state index contributed by atoms with van der Waals surface area (Å²) >= 11 is 0. The van der Waals surface area contributed by atoms with Gasteiger partial charge in [-0.05, 0) is 122 Å². The van der Waals surface area contributed by atoms with Crippen molar-refractivity contribution in [2.45, 2.75) is 92.9 Å². The minimum absolute atomic E-state index is 0.00162. The fraction of sp³-hybridized carbons (Fsp3) is 0.400. The van der Waals surface area contributed by atoms with Crippen LogP contribution >= 0.6 is 0 Å². The van der Waals surface area contributed by atoms with Crippen LogP contribution in [0.15, 0.2) is 24.3 Å². The van der Waals surface area contributed by atoms with Crippen LogP contribution in [-0.4, -0.2) is 77.3 Å². The molecule has 0 fully saturated rings. The average Bonchev–Trinajstić information content (AvgIpc) is 3.75. The predicted molar refractivity (Wildman–Crippen MR) is 210 cm³/mol. The van der Waals surface area contributed by atoms with E-state index in [0.717, 1.165) is 85.4 Å². The molecule has 3 aromatic rings. The lowest BCUT2D eigenvalue weighted by molar-refractivity contribution is -0.137. The van der Waals surface area contributed by atoms with Crippen LogP contribution in [0.4, 0.5) is 0 Å². The molecule has 0 unspecified atom stereocenters. The number of H-pyrrole nitrogens is 2. The van der Waals surface area contributed by atoms with Gasteiger partial charge in [-0.3, -0.25) is 19.2 Å². The van der Waals surface area contributed by atoms with E-state index in [1.807, 2.05) is 26.0 Å². The number of hydrogen-bond donors (Lipinski definition) is 8. The lowest BCUT2D eigenvalue weighted by atomic mass is 10.00. The lowest BCUT2D eigenvalue weighted by Crippen LogP contribution is -2.11. The molecule has 0 aliphatic carbocycles. The average molecular weight is 745 g/mol. The molecule has 5 rings (SSSR count). The highest BCUT2D eigenvalue weighted by Gasteiger charge is 2.21. The number of allylic oxidation sites excluding steroid dienone is 4. The van der Waals surface area contributed by atoms with Crippen molar-refractivity contribution in [2.24, 2.45) is 11.5 Å². The Morgan fingerprint density at radius 3 is 1.43 bits per heavy atom. The highest BCUT2D eigenvalue weighted by atomic mass is 16.4. The highest BCUT2D eigenvalue weighted by Crippen LogP contribution is 2.37. The van der Waals surface area contributed by atoms with E-state index in [0.29, 0.717) is 18.5 Å². The number of amides is 2. The van der Waals surface area contributed by atoms with Gasteiger partial charge in [-0.1, -0.05) is 13.8 Å². The van der Waals surface area contributed by atoms with Gasteiger partial charge in [0.2, 0.25) is 11.8 Å². The first-order chi connectivity index (χ1) is 25.6. The van der Waals surface area contributed by atoms with Crippen LogP contribution in [0.1, 0.15) is 111 Å². The minimum atomic E-state index is -0.864. The molecule has 0 aromatic carbocycles. The van der Waals surface area contributed by atoms with Crippen molar-refractivity contribution < 1.29 is 39.6 Å². The number of aromatic amines is 2. The molecule has 2 aliphatic heterocycles. The molecule has 0 spiro atoms. The molecule has 2 amide bonds. The first-order valence-electron chi connectivity index (χ1n) is 17.9. The third kappa shape index (κ3) is 10.7. The number of nitrogens with two attached hydrogens (primary N) is 2. The standard InChI is InChI=1S/C34H38N4O4.2C3H7NO2/c1-7-21-17(3)25-13-26-19(5)23(9-11-33(39)40)31(37-26)16-32-24(10-12-34(41)42)20(6)28(38-32)15-30-22(8-2)18(4)27(36-30)14-29(21)35-25;2*4-3(6)1-2-5/h13-16,35,38H,7-12H2,1-6H3,(H,39,40)(H,41,42);2*5H,1-2H2,(H2,4,6). The van der Waals surface area contributed by atoms with Gasteiger partial charge in [0.25, 0.3) is 0 Å². The second kappa shape index (κ2) is 19.5. The smallest absolute Gasteiger partial charge is 0.303 e. The second-order valence-electron chi connectivity index (χ2n) is 13.0. The fourth-order valence-electron chi connectivity index (χ4n) is 6.44. The summed E-state index contributed by atoms with van der Waals surface area (Å²) in [6, 6.07) is 8.19. The number of aliphatic hydroxyl groups is 2. The Labute approximate surface area is 314 Å². The van der Waals surface area contributed by atoms with Crippen LogP contribution in [0.2, 0.25) is 0 Å². The topological polar surface area (TPSA) is 259 Å². The molecule has 8 bridgehead atoms. The maximum absolute atomic E-state index is 11.5. The van der Waals surface area contributed by atoms with Crippen molar-refractivity contribution in [3.63, 3.8) is 0 Å². The van der Waals surface area contributed by atoms with Gasteiger partial charge < -0.3 is 41.9 Å². The van der Waals surface area contributed by atoms with Gasteiger partial charge in [-0.25, -0.2) is 9.97 Å². The summed E-state index contributed by atoms with van der Waals surface area (Å²) in [5.74, 6) is -2.65. The Morgan fingerprint density at radius 1 is 0.574 bits per heavy atom. The van der Waals surface area contributed by atoms with E-state index in [2.05, 4.69) is 61.3 Å². The molecule has 0 radical (unpaired) electrons. The van der Waals surface area contributed by atoms with E-state index in [1.54, 1.807) is 0 Å². The van der Waals surface area contributed by atoms with Crippen LogP contribution in [0.5, 0.6) is 0 Å². The zero-order valence-electron chi connectivity index (χ0n) is 31.9. The molecular weight excluding hydrogens is 692 g/mol. The molecule has 10 N–H and O–H groups in total. The van der Waals surface area contributed by atoms with Crippen LogP contribution in [0, 0.1) is 13.8 Å². The Bertz CT molecular complexity index is 2120. The SMILES string of the molecule is CCC1=C(C)c2cc3[nH]c(cc4nc(cc5[nH]c(cc1n2)c(C)c5CCC(=O)O)C(CCC(=O)O)=C4C)c(C)c3CC.NC(=O)CCO.NC(=O)CCO. The first kappa shape index (κ1) is 42.8. The molecule has 5 heterocycles. The number of aliphatic hydroxyl groups excluding tert-OH is 2. The number of rotatable bonds is 12. The molecular formula is C40H52N6O8. The summed E-state index contributed by atoms with van der Waals surface area (Å²) in [5, 5.41) is 34.8. The zero-order chi connectivity index (χ0) is 40.3. The van der Waals surface area contributed by atoms with Gasteiger partial charge in [-0.15, -0.1) is 0 Å². The summed E-state index contributed by atoms with van der Waals surface area (Å²) in [5.41, 5.74) is 24.6. The summed E-state index contributed by atoms with van der Waals surface area (Å²) in [7, 11) is 0. The number of primary amides is 2. The van der Waals surface area contributed by atoms with Gasteiger partial charge in [-0.2, -0.15) is 0 Å². The minimum Gasteiger partial charge on any atom is -0.481 e. The monoisotopic (exact) mass is 744 g/mol. The molecule has 0 saturated carbocycles. The number of carboxylic acids is 2. The first-order valence-corrected chi connectivity index (χ1v) is 17.9. The van der Waals surface area contributed by atoms with E-state index in [-0.39, 0.29) is 38.9 Å². The van der Waals surface area contributed by atoms with Gasteiger partial charge in [0.05, 0.1) is 36.0 Å². The highest BCUT2D eigenvalue weighted by molar-refractivity contribution is 5.95. The normalized spacial score (nSPS) is 12.1. The molecule has 0 saturated heterocycles. The van der Waals surface area contributed by atoms with Crippen molar-refractivity contribution in [1.29, 1.82) is 0 Å². The van der Waals surface area contributed by atoms with Crippen LogP contribution in [0.25, 0.3) is 44.4 Å². The van der Waals surface area contributed by atoms with Gasteiger partial charge in [0.15, 0.2) is 0 Å². The molecule has 2 aliphatic rings. The summed E-state index contributed by atoms with van der Waals surface area (Å²) in [6.07, 6.45) is 2.53. The Balaban J connectivity index is 0.000000566. The molecule has 54 heavy (non-hydrogen) atoms. The second-order valence-corrected chi connectivity index (χ2v) is 13.0. The Kier molecular flexibility index (Phi) is 15.4. The lowest BCUT2D eigenvalue weighted by Gasteiger charge is -2.03. The van der Waals surface area contributed by atoms with Crippen molar-refractivity contribution in [3.8, 4) is 0 Å². The van der Waals surface area contributed by atoms with E-state index >= 15 is 0 Å². The maximum Gasteiger partial charge on any atom is 0.303 e. The van der Waals surface area contributed by atoms with Gasteiger partial charge >= 0.3 is 11.9 Å². The number of carbonyl (C=O) groups excluding carboxylic acids is 2. The molecule has 3 aromatic heterocycles. The van der Waals surface area contributed by atoms with Crippen molar-refractivity contribution in [2.75, 3.05) is 13.2 Å². The number of carbonyl (C=O) groups is 4. The van der Waals surface area contributed by atoms with Crippen molar-refractivity contribution in [1.82, 2.24) is 19.9 Å². The molecule has 14 heteroatoms. The van der Waals surface area contributed by atoms with Crippen molar-refractivity contribution >= 4 is 68.1 Å². The zero-order valence-corrected chi connectivity index (χ0v) is 31.9. The van der Waals surface area contributed by atoms with E-state index in [9.17, 15) is 29.4 Å². The predicted octanol–water partition coefficient (Wildman–Crippen LogP) is 5.36. The number of fused-ring (bicyclic) bond motifs is 8. The number of aliphatic carboxylic acids is 2. The number of aryl methyl sites for hydroxylation is 4. The third-order valence-electron chi connectivity index (χ3n) is 9.40. The quantitative estimate of drug-likeness (QED) is 0.118. The van der Waals surface area contributed by atoms with Crippen LogP contribution in [-0.2, 0) is 32.0 Å². The molecule has 290 valence electrons. The third-order valence-corrected chi connectivity index (χ3v) is 9.40. The largest absolute Gasteiger partial charge is 0.481 e. The van der Waals surface area contributed by atoms with Crippen LogP contribution < -0.4 is 11.5 Å². The number of nitrogens with one attached hydrogen (secondary N) is 2. The molecule has 14 nitrogen and oxygen atoms in total. The van der Waals surface area contributed by atoms with Gasteiger partial charge in [0, 0.05) is 47.8 Å². The summed E-state index contributed by atoms with van der Waals surface area (Å²) in [6.45, 7) is 12.2. The number of carboxylic acid groups (broad SMARTS) is 2. The Hall–Kier alpha value is -5.60. The number of hydrogen-bond acceptors (Lipinski definition) is 8. The van der Waals surface area contributed by atoms with Crippen LogP contribution in [0.3, 0.4) is 0 Å².